The highest BCUT2D eigenvalue weighted by atomic mass is 35.5. The molecule has 2 unspecified atom stereocenters. The highest BCUT2D eigenvalue weighted by molar-refractivity contribution is 5.85. The van der Waals surface area contributed by atoms with Crippen molar-refractivity contribution in [2.45, 2.75) is 57.6 Å². The van der Waals surface area contributed by atoms with Crippen molar-refractivity contribution in [3.63, 3.8) is 0 Å². The van der Waals surface area contributed by atoms with Crippen LogP contribution >= 0.6 is 12.4 Å². The molecule has 0 aliphatic heterocycles. The van der Waals surface area contributed by atoms with Gasteiger partial charge in [0, 0.05) is 18.7 Å². The van der Waals surface area contributed by atoms with Gasteiger partial charge in [-0.2, -0.15) is 0 Å². The lowest BCUT2D eigenvalue weighted by Gasteiger charge is -2.28. The van der Waals surface area contributed by atoms with Gasteiger partial charge in [0.25, 0.3) is 0 Å². The monoisotopic (exact) mass is 390 g/mol. The Morgan fingerprint density at radius 3 is 2.48 bits per heavy atom. The van der Waals surface area contributed by atoms with Crippen LogP contribution in [0.2, 0.25) is 0 Å². The summed E-state index contributed by atoms with van der Waals surface area (Å²) >= 11 is 0. The normalized spacial score (nSPS) is 14.0. The number of pyridine rings is 1. The van der Waals surface area contributed by atoms with Crippen LogP contribution in [0.1, 0.15) is 57.2 Å². The lowest BCUT2D eigenvalue weighted by Crippen LogP contribution is -2.32. The number of hydrogen-bond acceptors (Lipinski definition) is 4. The molecule has 0 radical (unpaired) electrons. The second-order valence-corrected chi connectivity index (χ2v) is 6.99. The Balaban J connectivity index is 0.00000364. The molecule has 0 amide bonds. The third kappa shape index (κ3) is 7.41. The van der Waals surface area contributed by atoms with E-state index in [4.69, 9.17) is 0 Å². The highest BCUT2D eigenvalue weighted by Gasteiger charge is 2.32. The summed E-state index contributed by atoms with van der Waals surface area (Å²) in [6.45, 7) is 4.60. The maximum absolute atomic E-state index is 11.4. The number of rotatable bonds is 11. The Labute approximate surface area is 168 Å². The van der Waals surface area contributed by atoms with Crippen LogP contribution in [0.15, 0.2) is 54.7 Å². The van der Waals surface area contributed by atoms with Crippen molar-refractivity contribution < 1.29 is 9.90 Å². The number of halogens is 1. The quantitative estimate of drug-likeness (QED) is 0.563. The van der Waals surface area contributed by atoms with Gasteiger partial charge < -0.3 is 15.2 Å². The average molecular weight is 391 g/mol. The summed E-state index contributed by atoms with van der Waals surface area (Å²) in [5, 5.41) is 14.9. The van der Waals surface area contributed by atoms with Crippen molar-refractivity contribution in [2.75, 3.05) is 6.54 Å². The third-order valence-electron chi connectivity index (χ3n) is 4.71. The van der Waals surface area contributed by atoms with Crippen LogP contribution in [0.3, 0.4) is 0 Å². The summed E-state index contributed by atoms with van der Waals surface area (Å²) < 4.78 is 0. The minimum absolute atomic E-state index is 0. The first-order chi connectivity index (χ1) is 12.5. The summed E-state index contributed by atoms with van der Waals surface area (Å²) in [7, 11) is 0. The van der Waals surface area contributed by atoms with E-state index in [1.807, 2.05) is 48.5 Å². The number of ketones is 1. The predicted molar refractivity (Wildman–Crippen MR) is 112 cm³/mol. The maximum Gasteiger partial charge on any atom is 0.131 e. The molecule has 2 atom stereocenters. The zero-order valence-electron chi connectivity index (χ0n) is 16.2. The molecule has 2 rings (SSSR count). The van der Waals surface area contributed by atoms with Gasteiger partial charge in [-0.15, -0.1) is 12.4 Å². The fraction of sp³-hybridized carbons (Fsp3) is 0.455. The molecule has 0 fully saturated rings. The number of hydrogen-bond donors (Lipinski definition) is 2. The second kappa shape index (κ2) is 11.9. The molecule has 4 nitrogen and oxygen atoms in total. The molecule has 2 aromatic rings. The van der Waals surface area contributed by atoms with Crippen LogP contribution in [0.25, 0.3) is 0 Å². The SMILES string of the molecule is CC(=O)CCCC(C)NCCCC(O)(c1ccccc1)c1ccccn1.Cl. The lowest BCUT2D eigenvalue weighted by atomic mass is 9.85. The first kappa shape index (κ1) is 23.3. The highest BCUT2D eigenvalue weighted by Crippen LogP contribution is 2.32. The molecule has 1 aromatic heterocycles. The van der Waals surface area contributed by atoms with E-state index in [0.29, 0.717) is 24.6 Å². The molecular weight excluding hydrogens is 360 g/mol. The van der Waals surface area contributed by atoms with Crippen molar-refractivity contribution in [3.8, 4) is 0 Å². The van der Waals surface area contributed by atoms with Gasteiger partial charge in [0.15, 0.2) is 0 Å². The van der Waals surface area contributed by atoms with E-state index in [1.54, 1.807) is 13.1 Å². The Bertz CT molecular complexity index is 625. The Kier molecular flexibility index (Phi) is 10.2. The number of aliphatic hydroxyl groups is 1. The fourth-order valence-corrected chi connectivity index (χ4v) is 3.19. The number of carbonyl (C=O) groups is 1. The van der Waals surface area contributed by atoms with Gasteiger partial charge in [0.1, 0.15) is 11.4 Å². The van der Waals surface area contributed by atoms with E-state index in [2.05, 4.69) is 17.2 Å². The van der Waals surface area contributed by atoms with E-state index in [0.717, 1.165) is 31.4 Å². The number of aromatic nitrogens is 1. The molecular formula is C22H31ClN2O2. The Morgan fingerprint density at radius 2 is 1.85 bits per heavy atom. The zero-order chi connectivity index (χ0) is 18.8. The van der Waals surface area contributed by atoms with Gasteiger partial charge in [0.05, 0.1) is 5.69 Å². The summed E-state index contributed by atoms with van der Waals surface area (Å²) in [6, 6.07) is 15.8. The van der Waals surface area contributed by atoms with Crippen LogP contribution in [0.5, 0.6) is 0 Å². The van der Waals surface area contributed by atoms with Gasteiger partial charge in [-0.25, -0.2) is 0 Å². The van der Waals surface area contributed by atoms with Crippen LogP contribution in [0, 0.1) is 0 Å². The van der Waals surface area contributed by atoms with E-state index in [9.17, 15) is 9.90 Å². The molecule has 0 aliphatic carbocycles. The first-order valence-electron chi connectivity index (χ1n) is 9.44. The van der Waals surface area contributed by atoms with Crippen LogP contribution in [-0.2, 0) is 10.4 Å². The van der Waals surface area contributed by atoms with Crippen LogP contribution in [-0.4, -0.2) is 28.5 Å². The third-order valence-corrected chi connectivity index (χ3v) is 4.71. The molecule has 0 bridgehead atoms. The van der Waals surface area contributed by atoms with Gasteiger partial charge in [-0.1, -0.05) is 36.4 Å². The van der Waals surface area contributed by atoms with Gasteiger partial charge >= 0.3 is 0 Å². The summed E-state index contributed by atoms with van der Waals surface area (Å²) in [5.41, 5.74) is 0.469. The number of nitrogens with zero attached hydrogens (tertiary/aromatic N) is 1. The molecule has 148 valence electrons. The minimum Gasteiger partial charge on any atom is -0.379 e. The molecule has 5 heteroatoms. The number of carbonyl (C=O) groups excluding carboxylic acids is 1. The molecule has 0 spiro atoms. The number of benzene rings is 1. The maximum atomic E-state index is 11.4. The van der Waals surface area contributed by atoms with E-state index >= 15 is 0 Å². The molecule has 0 saturated heterocycles. The van der Waals surface area contributed by atoms with Crippen molar-refractivity contribution in [3.05, 3.63) is 66.0 Å². The van der Waals surface area contributed by atoms with Crippen molar-refractivity contribution >= 4 is 18.2 Å². The van der Waals surface area contributed by atoms with E-state index in [1.165, 1.54) is 0 Å². The molecule has 0 aliphatic rings. The lowest BCUT2D eigenvalue weighted by molar-refractivity contribution is -0.117. The Morgan fingerprint density at radius 1 is 1.15 bits per heavy atom. The minimum atomic E-state index is -1.08. The summed E-state index contributed by atoms with van der Waals surface area (Å²) in [6.07, 6.45) is 5.71. The van der Waals surface area contributed by atoms with Gasteiger partial charge in [-0.05, 0) is 63.8 Å². The fourth-order valence-electron chi connectivity index (χ4n) is 3.19. The molecule has 0 saturated carbocycles. The van der Waals surface area contributed by atoms with E-state index < -0.39 is 5.60 Å². The second-order valence-electron chi connectivity index (χ2n) is 6.99. The average Bonchev–Trinajstić information content (AvgIpc) is 2.66. The zero-order valence-corrected chi connectivity index (χ0v) is 17.0. The number of Topliss-reactive ketones (excluding diaryl/α,β-unsaturated/α-hetero) is 1. The van der Waals surface area contributed by atoms with Gasteiger partial charge in [-0.3, -0.25) is 4.98 Å². The molecule has 1 aromatic carbocycles. The predicted octanol–water partition coefficient (Wildman–Crippen LogP) is 4.26. The first-order valence-corrected chi connectivity index (χ1v) is 9.44. The van der Waals surface area contributed by atoms with Crippen LogP contribution in [0.4, 0.5) is 0 Å². The largest absolute Gasteiger partial charge is 0.379 e. The van der Waals surface area contributed by atoms with Crippen LogP contribution < -0.4 is 5.32 Å². The van der Waals surface area contributed by atoms with E-state index in [-0.39, 0.29) is 18.2 Å². The van der Waals surface area contributed by atoms with Crippen molar-refractivity contribution in [2.24, 2.45) is 0 Å². The van der Waals surface area contributed by atoms with Crippen molar-refractivity contribution in [1.82, 2.24) is 10.3 Å². The molecule has 27 heavy (non-hydrogen) atoms. The summed E-state index contributed by atoms with van der Waals surface area (Å²) in [5.74, 6) is 0.250. The molecule has 1 heterocycles. The standard InChI is InChI=1S/C22H30N2O2.ClH/c1-18(10-8-11-19(2)25)23-17-9-15-22(26,20-12-4-3-5-13-20)21-14-6-7-16-24-21;/h3-7,12-14,16,18,23,26H,8-11,15,17H2,1-2H3;1H. The molecule has 2 N–H and O–H groups in total. The van der Waals surface area contributed by atoms with Crippen molar-refractivity contribution in [1.29, 1.82) is 0 Å². The summed E-state index contributed by atoms with van der Waals surface area (Å²) in [4.78, 5) is 15.4. The Hall–Kier alpha value is -1.75. The smallest absolute Gasteiger partial charge is 0.131 e. The van der Waals surface area contributed by atoms with Gasteiger partial charge in [0.2, 0.25) is 0 Å². The number of nitrogens with one attached hydrogen (secondary N) is 1. The topological polar surface area (TPSA) is 62.2 Å².